The Labute approximate surface area is 302 Å². The monoisotopic (exact) mass is 694 g/mol. The number of carbonyl (C=O) groups is 2. The van der Waals surface area contributed by atoms with Gasteiger partial charge in [0.1, 0.15) is 0 Å². The number of amides is 1. The SMILES string of the molecule is CC(C)Oc1c(Nc2ccc(NC[C@H](CC(N)=O)Nc3ccc(C#Cc4ccc(C#N)cc4)cc3)cc2)ccc(Nc2ccc(C(=O)O)cc2)c1O. The van der Waals surface area contributed by atoms with Gasteiger partial charge in [-0.05, 0) is 123 Å². The standard InChI is InChI=1S/C41H38N6O5/c1-26(2)52-40-37(22-21-36(39(40)49)46-33-15-11-30(12-16-33)41(50)51)47-34-19-17-31(18-20-34)44-25-35(23-38(43)48)45-32-13-9-28(10-14-32)4-3-27-5-7-29(24-42)8-6-27/h5-22,26,35,44-47,49H,23,25H2,1-2H3,(H2,43,48)(H,50,51)/t35-/m0/s1. The summed E-state index contributed by atoms with van der Waals surface area (Å²) in [6.45, 7) is 4.14. The predicted octanol–water partition coefficient (Wildman–Crippen LogP) is 7.40. The number of rotatable bonds is 14. The van der Waals surface area contributed by atoms with Crippen LogP contribution in [-0.4, -0.2) is 40.8 Å². The Morgan fingerprint density at radius 3 is 1.79 bits per heavy atom. The summed E-state index contributed by atoms with van der Waals surface area (Å²) in [5.41, 5.74) is 11.9. The molecule has 52 heavy (non-hydrogen) atoms. The molecule has 0 saturated carbocycles. The van der Waals surface area contributed by atoms with Crippen LogP contribution in [0.25, 0.3) is 0 Å². The summed E-state index contributed by atoms with van der Waals surface area (Å²) in [5, 5.41) is 42.4. The van der Waals surface area contributed by atoms with Gasteiger partial charge in [0.15, 0.2) is 11.5 Å². The molecule has 0 aliphatic rings. The minimum atomic E-state index is -1.02. The fourth-order valence-electron chi connectivity index (χ4n) is 5.12. The lowest BCUT2D eigenvalue weighted by atomic mass is 10.1. The van der Waals surface area contributed by atoms with Crippen molar-refractivity contribution in [1.29, 1.82) is 5.26 Å². The maximum Gasteiger partial charge on any atom is 0.335 e. The number of phenols is 1. The van der Waals surface area contributed by atoms with Crippen LogP contribution < -0.4 is 31.7 Å². The number of carboxylic acid groups (broad SMARTS) is 1. The van der Waals surface area contributed by atoms with Crippen LogP contribution in [0.5, 0.6) is 11.5 Å². The summed E-state index contributed by atoms with van der Waals surface area (Å²) in [4.78, 5) is 23.1. The van der Waals surface area contributed by atoms with Crippen LogP contribution in [0.2, 0.25) is 0 Å². The molecule has 11 nitrogen and oxygen atoms in total. The molecule has 0 fully saturated rings. The van der Waals surface area contributed by atoms with E-state index in [2.05, 4.69) is 39.2 Å². The number of phenolic OH excluding ortho intramolecular Hbond substituents is 1. The van der Waals surface area contributed by atoms with Crippen molar-refractivity contribution in [2.75, 3.05) is 27.8 Å². The van der Waals surface area contributed by atoms with E-state index in [0.29, 0.717) is 29.2 Å². The first-order valence-electron chi connectivity index (χ1n) is 16.5. The highest BCUT2D eigenvalue weighted by Crippen LogP contribution is 2.43. The van der Waals surface area contributed by atoms with Gasteiger partial charge < -0.3 is 42.0 Å². The number of nitrogens with one attached hydrogen (secondary N) is 4. The maximum atomic E-state index is 11.9. The van der Waals surface area contributed by atoms with Crippen molar-refractivity contribution in [3.8, 4) is 29.4 Å². The average Bonchev–Trinajstić information content (AvgIpc) is 3.13. The Kier molecular flexibility index (Phi) is 11.8. The summed E-state index contributed by atoms with van der Waals surface area (Å²) < 4.78 is 5.99. The fraction of sp³-hybridized carbons (Fsp3) is 0.146. The molecule has 0 bridgehead atoms. The molecule has 0 heterocycles. The number of carbonyl (C=O) groups excluding carboxylic acids is 1. The molecule has 1 atom stereocenters. The van der Waals surface area contributed by atoms with Crippen molar-refractivity contribution in [1.82, 2.24) is 0 Å². The number of carboxylic acids is 1. The van der Waals surface area contributed by atoms with Gasteiger partial charge in [-0.3, -0.25) is 4.79 Å². The van der Waals surface area contributed by atoms with Gasteiger partial charge in [0.2, 0.25) is 5.91 Å². The Bertz CT molecular complexity index is 2110. The normalized spacial score (nSPS) is 11.0. The van der Waals surface area contributed by atoms with E-state index in [-0.39, 0.29) is 35.6 Å². The Morgan fingerprint density at radius 1 is 0.731 bits per heavy atom. The van der Waals surface area contributed by atoms with Crippen molar-refractivity contribution in [2.45, 2.75) is 32.4 Å². The van der Waals surface area contributed by atoms with Crippen molar-refractivity contribution in [2.24, 2.45) is 5.73 Å². The van der Waals surface area contributed by atoms with Gasteiger partial charge in [-0.15, -0.1) is 0 Å². The molecule has 0 radical (unpaired) electrons. The third kappa shape index (κ3) is 10.2. The van der Waals surface area contributed by atoms with E-state index < -0.39 is 11.9 Å². The lowest BCUT2D eigenvalue weighted by Crippen LogP contribution is -2.33. The Hall–Kier alpha value is -7.11. The molecule has 0 spiro atoms. The summed E-state index contributed by atoms with van der Waals surface area (Å²) in [5.74, 6) is 4.92. The number of aromatic carboxylic acids is 1. The summed E-state index contributed by atoms with van der Waals surface area (Å²) >= 11 is 0. The first-order valence-corrected chi connectivity index (χ1v) is 16.5. The smallest absolute Gasteiger partial charge is 0.335 e. The first kappa shape index (κ1) is 36.2. The van der Waals surface area contributed by atoms with Crippen molar-refractivity contribution < 1.29 is 24.5 Å². The summed E-state index contributed by atoms with van der Waals surface area (Å²) in [7, 11) is 0. The van der Waals surface area contributed by atoms with Gasteiger partial charge in [-0.2, -0.15) is 5.26 Å². The van der Waals surface area contributed by atoms with Crippen LogP contribution >= 0.6 is 0 Å². The molecule has 5 rings (SSSR count). The largest absolute Gasteiger partial charge is 0.503 e. The molecule has 0 aliphatic heterocycles. The van der Waals surface area contributed by atoms with Crippen LogP contribution in [0.15, 0.2) is 109 Å². The summed E-state index contributed by atoms with van der Waals surface area (Å²) in [6.07, 6.45) is -0.107. The number of anilines is 6. The number of aromatic hydroxyl groups is 1. The number of hydrogen-bond acceptors (Lipinski definition) is 9. The average molecular weight is 695 g/mol. The number of nitriles is 1. The van der Waals surface area contributed by atoms with Crippen molar-refractivity contribution >= 4 is 46.0 Å². The molecule has 0 aliphatic carbocycles. The van der Waals surface area contributed by atoms with E-state index in [1.165, 1.54) is 12.1 Å². The summed E-state index contributed by atoms with van der Waals surface area (Å²) in [6, 6.07) is 33.7. The molecule has 1 amide bonds. The van der Waals surface area contributed by atoms with Gasteiger partial charge in [-0.25, -0.2) is 4.79 Å². The van der Waals surface area contributed by atoms with Crippen LogP contribution in [-0.2, 0) is 4.79 Å². The van der Waals surface area contributed by atoms with Crippen molar-refractivity contribution in [3.05, 3.63) is 131 Å². The van der Waals surface area contributed by atoms with Crippen LogP contribution in [0.3, 0.4) is 0 Å². The second kappa shape index (κ2) is 17.0. The van der Waals surface area contributed by atoms with E-state index in [1.54, 1.807) is 36.4 Å². The number of benzene rings is 5. The third-order valence-electron chi connectivity index (χ3n) is 7.68. The molecule has 5 aromatic carbocycles. The number of primary amides is 1. The number of ether oxygens (including phenoxy) is 1. The number of nitrogens with two attached hydrogens (primary N) is 1. The lowest BCUT2D eigenvalue weighted by molar-refractivity contribution is -0.118. The highest BCUT2D eigenvalue weighted by atomic mass is 16.5. The minimum Gasteiger partial charge on any atom is -0.503 e. The van der Waals surface area contributed by atoms with E-state index in [0.717, 1.165) is 28.2 Å². The Balaban J connectivity index is 1.21. The molecule has 0 aromatic heterocycles. The fourth-order valence-corrected chi connectivity index (χ4v) is 5.12. The topological polar surface area (TPSA) is 182 Å². The molecule has 8 N–H and O–H groups in total. The second-order valence-corrected chi connectivity index (χ2v) is 12.1. The second-order valence-electron chi connectivity index (χ2n) is 12.1. The molecular formula is C41H38N6O5. The molecule has 0 unspecified atom stereocenters. The molecule has 5 aromatic rings. The predicted molar refractivity (Wildman–Crippen MR) is 204 cm³/mol. The maximum absolute atomic E-state index is 11.9. The highest BCUT2D eigenvalue weighted by Gasteiger charge is 2.17. The zero-order valence-electron chi connectivity index (χ0n) is 28.6. The van der Waals surface area contributed by atoms with Gasteiger partial charge >= 0.3 is 5.97 Å². The molecule has 0 saturated heterocycles. The highest BCUT2D eigenvalue weighted by molar-refractivity contribution is 5.88. The Morgan fingerprint density at radius 2 is 1.23 bits per heavy atom. The van der Waals surface area contributed by atoms with E-state index in [4.69, 9.17) is 20.8 Å². The lowest BCUT2D eigenvalue weighted by Gasteiger charge is -2.21. The van der Waals surface area contributed by atoms with Gasteiger partial charge in [-0.1, -0.05) is 11.8 Å². The van der Waals surface area contributed by atoms with Crippen molar-refractivity contribution in [3.63, 3.8) is 0 Å². The molecule has 262 valence electrons. The van der Waals surface area contributed by atoms with E-state index >= 15 is 0 Å². The van der Waals surface area contributed by atoms with E-state index in [1.807, 2.05) is 74.5 Å². The quantitative estimate of drug-likeness (QED) is 0.0457. The number of hydrogen-bond donors (Lipinski definition) is 7. The third-order valence-corrected chi connectivity index (χ3v) is 7.68. The van der Waals surface area contributed by atoms with Crippen LogP contribution in [0.1, 0.15) is 47.3 Å². The number of nitrogens with zero attached hydrogens (tertiary/aromatic N) is 1. The molecular weight excluding hydrogens is 656 g/mol. The van der Waals surface area contributed by atoms with Gasteiger partial charge in [0, 0.05) is 46.8 Å². The van der Waals surface area contributed by atoms with Gasteiger partial charge in [0.05, 0.1) is 40.7 Å². The molecule has 11 heteroatoms. The van der Waals surface area contributed by atoms with Crippen LogP contribution in [0.4, 0.5) is 34.1 Å². The first-order chi connectivity index (χ1) is 25.1. The minimum absolute atomic E-state index is 0.0991. The zero-order chi connectivity index (χ0) is 37.0. The van der Waals surface area contributed by atoms with Gasteiger partial charge in [0.25, 0.3) is 0 Å². The van der Waals surface area contributed by atoms with Crippen LogP contribution in [0, 0.1) is 23.2 Å². The van der Waals surface area contributed by atoms with E-state index in [9.17, 15) is 14.7 Å². The zero-order valence-corrected chi connectivity index (χ0v) is 28.6.